The molecule has 1 aromatic heterocycles. The number of hydrogen-bond donors (Lipinski definition) is 1. The molecule has 24 heavy (non-hydrogen) atoms. The van der Waals surface area contributed by atoms with Gasteiger partial charge in [-0.2, -0.15) is 5.10 Å². The largest absolute Gasteiger partial charge is 0.412 e. The molecule has 0 saturated heterocycles. The molecule has 0 aliphatic heterocycles. The highest BCUT2D eigenvalue weighted by Gasteiger charge is 2.07. The van der Waals surface area contributed by atoms with Crippen molar-refractivity contribution in [3.05, 3.63) is 83.9 Å². The predicted octanol–water partition coefficient (Wildman–Crippen LogP) is 3.36. The van der Waals surface area contributed by atoms with Crippen molar-refractivity contribution in [1.82, 2.24) is 15.1 Å². The van der Waals surface area contributed by atoms with Gasteiger partial charge in [0.05, 0.1) is 18.9 Å². The van der Waals surface area contributed by atoms with Crippen LogP contribution in [-0.2, 0) is 13.1 Å². The van der Waals surface area contributed by atoms with E-state index in [1.807, 2.05) is 30.3 Å². The van der Waals surface area contributed by atoms with Crippen LogP contribution < -0.4 is 10.1 Å². The summed E-state index contributed by atoms with van der Waals surface area (Å²) in [7, 11) is 0. The second kappa shape index (κ2) is 7.41. The summed E-state index contributed by atoms with van der Waals surface area (Å²) in [4.78, 5) is 11.8. The van der Waals surface area contributed by atoms with Crippen molar-refractivity contribution < 1.29 is 13.9 Å². The van der Waals surface area contributed by atoms with E-state index in [0.717, 1.165) is 11.1 Å². The van der Waals surface area contributed by atoms with E-state index in [9.17, 15) is 9.18 Å². The van der Waals surface area contributed by atoms with Crippen molar-refractivity contribution in [2.75, 3.05) is 0 Å². The van der Waals surface area contributed by atoms with Crippen LogP contribution in [0.5, 0.6) is 5.75 Å². The topological polar surface area (TPSA) is 56.1 Å². The van der Waals surface area contributed by atoms with E-state index < -0.39 is 6.09 Å². The molecule has 0 fully saturated rings. The van der Waals surface area contributed by atoms with Gasteiger partial charge in [0.15, 0.2) is 5.75 Å². The van der Waals surface area contributed by atoms with Crippen LogP contribution in [0.25, 0.3) is 0 Å². The van der Waals surface area contributed by atoms with Crippen molar-refractivity contribution in [1.29, 1.82) is 0 Å². The van der Waals surface area contributed by atoms with Gasteiger partial charge in [0, 0.05) is 6.54 Å². The Hall–Kier alpha value is -3.15. The van der Waals surface area contributed by atoms with Crippen LogP contribution in [0, 0.1) is 5.82 Å². The van der Waals surface area contributed by atoms with E-state index in [2.05, 4.69) is 10.4 Å². The van der Waals surface area contributed by atoms with Crippen LogP contribution in [0.4, 0.5) is 9.18 Å². The lowest BCUT2D eigenvalue weighted by Crippen LogP contribution is -2.26. The standard InChI is InChI=1S/C18H16FN3O2/c19-16-8-6-14(7-9-16)10-20-18(23)24-17-11-21-22(13-17)12-15-4-2-1-3-5-15/h1-9,11,13H,10,12H2,(H,20,23). The van der Waals surface area contributed by atoms with E-state index in [1.165, 1.54) is 18.3 Å². The Labute approximate surface area is 138 Å². The third kappa shape index (κ3) is 4.42. The summed E-state index contributed by atoms with van der Waals surface area (Å²) < 4.78 is 19.7. The first-order valence-corrected chi connectivity index (χ1v) is 7.45. The van der Waals surface area contributed by atoms with Crippen molar-refractivity contribution >= 4 is 6.09 Å². The van der Waals surface area contributed by atoms with Crippen LogP contribution in [0.1, 0.15) is 11.1 Å². The number of amides is 1. The Morgan fingerprint density at radius 1 is 1.08 bits per heavy atom. The Bertz CT molecular complexity index is 801. The molecule has 0 spiro atoms. The van der Waals surface area contributed by atoms with Gasteiger partial charge in [-0.1, -0.05) is 42.5 Å². The summed E-state index contributed by atoms with van der Waals surface area (Å²) in [6.07, 6.45) is 2.56. The summed E-state index contributed by atoms with van der Waals surface area (Å²) in [5.41, 5.74) is 1.89. The summed E-state index contributed by atoms with van der Waals surface area (Å²) >= 11 is 0. The molecule has 3 aromatic rings. The average molecular weight is 325 g/mol. The fourth-order valence-electron chi connectivity index (χ4n) is 2.17. The van der Waals surface area contributed by atoms with Gasteiger partial charge >= 0.3 is 6.09 Å². The second-order valence-electron chi connectivity index (χ2n) is 5.23. The molecule has 0 saturated carbocycles. The number of carbonyl (C=O) groups is 1. The third-order valence-electron chi connectivity index (χ3n) is 3.36. The Morgan fingerprint density at radius 3 is 2.58 bits per heavy atom. The lowest BCUT2D eigenvalue weighted by Gasteiger charge is -2.05. The highest BCUT2D eigenvalue weighted by atomic mass is 19.1. The minimum atomic E-state index is -0.585. The number of nitrogens with one attached hydrogen (secondary N) is 1. The summed E-state index contributed by atoms with van der Waals surface area (Å²) in [5.74, 6) is 0.0506. The minimum absolute atomic E-state index is 0.261. The molecule has 6 heteroatoms. The van der Waals surface area contributed by atoms with Crippen molar-refractivity contribution in [2.24, 2.45) is 0 Å². The number of carbonyl (C=O) groups excluding carboxylic acids is 1. The summed E-state index contributed by atoms with van der Waals surface area (Å²) in [6, 6.07) is 15.8. The van der Waals surface area contributed by atoms with Gasteiger partial charge in [0.1, 0.15) is 5.82 Å². The number of ether oxygens (including phenoxy) is 1. The van der Waals surface area contributed by atoms with Gasteiger partial charge in [0.2, 0.25) is 0 Å². The van der Waals surface area contributed by atoms with Crippen LogP contribution >= 0.6 is 0 Å². The van der Waals surface area contributed by atoms with Gasteiger partial charge in [0.25, 0.3) is 0 Å². The Balaban J connectivity index is 1.50. The number of halogens is 1. The Morgan fingerprint density at radius 2 is 1.83 bits per heavy atom. The molecule has 1 amide bonds. The highest BCUT2D eigenvalue weighted by molar-refractivity contribution is 5.70. The molecule has 1 heterocycles. The van der Waals surface area contributed by atoms with Gasteiger partial charge in [-0.3, -0.25) is 4.68 Å². The van der Waals surface area contributed by atoms with Gasteiger partial charge in [-0.25, -0.2) is 9.18 Å². The van der Waals surface area contributed by atoms with E-state index >= 15 is 0 Å². The minimum Gasteiger partial charge on any atom is -0.407 e. The normalized spacial score (nSPS) is 10.4. The molecule has 0 aliphatic rings. The van der Waals surface area contributed by atoms with Crippen molar-refractivity contribution in [3.8, 4) is 5.75 Å². The fourth-order valence-corrected chi connectivity index (χ4v) is 2.17. The van der Waals surface area contributed by atoms with Crippen LogP contribution in [-0.4, -0.2) is 15.9 Å². The molecule has 1 N–H and O–H groups in total. The molecule has 0 bridgehead atoms. The van der Waals surface area contributed by atoms with E-state index in [1.54, 1.807) is 23.0 Å². The van der Waals surface area contributed by atoms with Crippen LogP contribution in [0.2, 0.25) is 0 Å². The van der Waals surface area contributed by atoms with Gasteiger partial charge < -0.3 is 10.1 Å². The zero-order valence-electron chi connectivity index (χ0n) is 12.9. The molecule has 3 rings (SSSR count). The van der Waals surface area contributed by atoms with Gasteiger partial charge in [-0.15, -0.1) is 0 Å². The number of benzene rings is 2. The average Bonchev–Trinajstić information content (AvgIpc) is 3.02. The number of nitrogens with zero attached hydrogens (tertiary/aromatic N) is 2. The Kier molecular flexibility index (Phi) is 4.86. The van der Waals surface area contributed by atoms with Crippen LogP contribution in [0.15, 0.2) is 67.0 Å². The SMILES string of the molecule is O=C(NCc1ccc(F)cc1)Oc1cnn(Cc2ccccc2)c1. The number of hydrogen-bond acceptors (Lipinski definition) is 3. The maximum atomic E-state index is 12.8. The second-order valence-corrected chi connectivity index (χ2v) is 5.23. The van der Waals surface area contributed by atoms with E-state index in [4.69, 9.17) is 4.74 Å². The predicted molar refractivity (Wildman–Crippen MR) is 87.0 cm³/mol. The molecular weight excluding hydrogens is 309 g/mol. The molecule has 0 radical (unpaired) electrons. The van der Waals surface area contributed by atoms with E-state index in [-0.39, 0.29) is 12.4 Å². The molecule has 0 aliphatic carbocycles. The van der Waals surface area contributed by atoms with Crippen LogP contribution in [0.3, 0.4) is 0 Å². The summed E-state index contributed by atoms with van der Waals surface area (Å²) in [6.45, 7) is 0.860. The lowest BCUT2D eigenvalue weighted by atomic mass is 10.2. The molecular formula is C18H16FN3O2. The first-order chi connectivity index (χ1) is 11.7. The molecule has 2 aromatic carbocycles. The molecule has 0 unspecified atom stereocenters. The molecule has 0 atom stereocenters. The quantitative estimate of drug-likeness (QED) is 0.782. The maximum Gasteiger partial charge on any atom is 0.412 e. The first kappa shape index (κ1) is 15.7. The first-order valence-electron chi connectivity index (χ1n) is 7.45. The monoisotopic (exact) mass is 325 g/mol. The van der Waals surface area contributed by atoms with Crippen molar-refractivity contribution in [2.45, 2.75) is 13.1 Å². The number of aromatic nitrogens is 2. The smallest absolute Gasteiger partial charge is 0.407 e. The summed E-state index contributed by atoms with van der Waals surface area (Å²) in [5, 5.41) is 6.77. The maximum absolute atomic E-state index is 12.8. The number of rotatable bonds is 5. The lowest BCUT2D eigenvalue weighted by molar-refractivity contribution is 0.200. The fraction of sp³-hybridized carbons (Fsp3) is 0.111. The van der Waals surface area contributed by atoms with Gasteiger partial charge in [-0.05, 0) is 23.3 Å². The third-order valence-corrected chi connectivity index (χ3v) is 3.36. The zero-order chi connectivity index (χ0) is 16.8. The van der Waals surface area contributed by atoms with Crippen molar-refractivity contribution in [3.63, 3.8) is 0 Å². The van der Waals surface area contributed by atoms with E-state index in [0.29, 0.717) is 12.3 Å². The zero-order valence-corrected chi connectivity index (χ0v) is 12.9. The highest BCUT2D eigenvalue weighted by Crippen LogP contribution is 2.11. The molecule has 5 nitrogen and oxygen atoms in total. The molecule has 122 valence electrons.